The fourth-order valence-electron chi connectivity index (χ4n) is 3.16. The van der Waals surface area contributed by atoms with E-state index >= 15 is 0 Å². The monoisotopic (exact) mass is 262 g/mol. The van der Waals surface area contributed by atoms with Gasteiger partial charge in [-0.1, -0.05) is 25.1 Å². The molecule has 19 heavy (non-hydrogen) atoms. The number of benzene rings is 1. The van der Waals surface area contributed by atoms with Crippen LogP contribution in [0.3, 0.4) is 0 Å². The van der Waals surface area contributed by atoms with Crippen molar-refractivity contribution < 1.29 is 4.39 Å². The lowest BCUT2D eigenvalue weighted by atomic mass is 10.0. The molecule has 104 valence electrons. The van der Waals surface area contributed by atoms with Crippen molar-refractivity contribution in [2.24, 2.45) is 0 Å². The van der Waals surface area contributed by atoms with Gasteiger partial charge in [0.25, 0.3) is 0 Å². The number of rotatable bonds is 5. The highest BCUT2D eigenvalue weighted by Crippen LogP contribution is 2.30. The van der Waals surface area contributed by atoms with Gasteiger partial charge in [0.05, 0.1) is 0 Å². The largest absolute Gasteiger partial charge is 0.306 e. The Morgan fingerprint density at radius 3 is 2.79 bits per heavy atom. The van der Waals surface area contributed by atoms with Gasteiger partial charge in [0.15, 0.2) is 0 Å². The molecule has 1 saturated carbocycles. The Kier molecular flexibility index (Phi) is 3.85. The number of hydrogen-bond donors (Lipinski definition) is 1. The molecule has 0 radical (unpaired) electrons. The van der Waals surface area contributed by atoms with Gasteiger partial charge in [-0.15, -0.1) is 0 Å². The lowest BCUT2D eigenvalue weighted by Crippen LogP contribution is -2.36. The predicted octanol–water partition coefficient (Wildman–Crippen LogP) is 3.10. The fraction of sp³-hybridized carbons (Fsp3) is 0.625. The average molecular weight is 262 g/mol. The van der Waals surface area contributed by atoms with Crippen LogP contribution in [0.15, 0.2) is 24.3 Å². The summed E-state index contributed by atoms with van der Waals surface area (Å²) in [5, 5.41) is 3.65. The highest BCUT2D eigenvalue weighted by molar-refractivity contribution is 5.21. The van der Waals surface area contributed by atoms with Gasteiger partial charge in [0, 0.05) is 36.8 Å². The minimum atomic E-state index is -0.0844. The van der Waals surface area contributed by atoms with Gasteiger partial charge >= 0.3 is 0 Å². The third-order valence-corrected chi connectivity index (χ3v) is 4.41. The first kappa shape index (κ1) is 13.1. The van der Waals surface area contributed by atoms with Crippen LogP contribution in [0.5, 0.6) is 0 Å². The summed E-state index contributed by atoms with van der Waals surface area (Å²) in [4.78, 5) is 2.59. The third-order valence-electron chi connectivity index (χ3n) is 4.41. The maximum atomic E-state index is 13.9. The zero-order valence-corrected chi connectivity index (χ0v) is 11.6. The van der Waals surface area contributed by atoms with Crippen LogP contribution >= 0.6 is 0 Å². The second kappa shape index (κ2) is 5.59. The summed E-state index contributed by atoms with van der Waals surface area (Å²) in [6, 6.07) is 8.66. The molecule has 0 spiro atoms. The molecule has 1 aromatic carbocycles. The lowest BCUT2D eigenvalue weighted by Gasteiger charge is -2.23. The molecule has 0 aromatic heterocycles. The Labute approximate surface area is 115 Å². The standard InChI is InChI=1S/C16H23FN2/c1-2-16(14-5-3-4-6-15(14)17)18-12-9-10-19(11-12)13-7-8-13/h3-6,12-13,16,18H,2,7-11H2,1H3. The molecule has 2 unspecified atom stereocenters. The molecule has 1 aliphatic carbocycles. The zero-order chi connectivity index (χ0) is 13.2. The molecule has 2 nitrogen and oxygen atoms in total. The van der Waals surface area contributed by atoms with Crippen LogP contribution in [0.1, 0.15) is 44.2 Å². The molecular formula is C16H23FN2. The molecule has 3 heteroatoms. The third kappa shape index (κ3) is 2.98. The van der Waals surface area contributed by atoms with E-state index in [1.807, 2.05) is 12.1 Å². The molecule has 0 bridgehead atoms. The van der Waals surface area contributed by atoms with Crippen LogP contribution in [0.2, 0.25) is 0 Å². The van der Waals surface area contributed by atoms with E-state index < -0.39 is 0 Å². The Balaban J connectivity index is 1.62. The Hall–Kier alpha value is -0.930. The van der Waals surface area contributed by atoms with Gasteiger partial charge in [-0.05, 0) is 31.7 Å². The summed E-state index contributed by atoms with van der Waals surface area (Å²) < 4.78 is 13.9. The van der Waals surface area contributed by atoms with Crippen molar-refractivity contribution in [1.82, 2.24) is 10.2 Å². The van der Waals surface area contributed by atoms with E-state index in [0.717, 1.165) is 24.6 Å². The van der Waals surface area contributed by atoms with Gasteiger partial charge in [0.2, 0.25) is 0 Å². The quantitative estimate of drug-likeness (QED) is 0.877. The first-order valence-electron chi connectivity index (χ1n) is 7.52. The Bertz CT molecular complexity index is 431. The van der Waals surface area contributed by atoms with E-state index in [-0.39, 0.29) is 11.9 Å². The van der Waals surface area contributed by atoms with Crippen molar-refractivity contribution in [3.8, 4) is 0 Å². The number of hydrogen-bond acceptors (Lipinski definition) is 2. The number of nitrogens with one attached hydrogen (secondary N) is 1. The summed E-state index contributed by atoms with van der Waals surface area (Å²) in [6.45, 7) is 4.46. The summed E-state index contributed by atoms with van der Waals surface area (Å²) in [6.07, 6.45) is 4.87. The maximum Gasteiger partial charge on any atom is 0.127 e. The van der Waals surface area contributed by atoms with Crippen molar-refractivity contribution in [3.05, 3.63) is 35.6 Å². The number of nitrogens with zero attached hydrogens (tertiary/aromatic N) is 1. The SMILES string of the molecule is CCC(NC1CCN(C2CC2)C1)c1ccccc1F. The van der Waals surface area contributed by atoms with Crippen LogP contribution in [0.4, 0.5) is 4.39 Å². The summed E-state index contributed by atoms with van der Waals surface area (Å²) in [5.41, 5.74) is 0.815. The van der Waals surface area contributed by atoms with Crippen molar-refractivity contribution in [1.29, 1.82) is 0 Å². The molecule has 1 aliphatic heterocycles. The highest BCUT2D eigenvalue weighted by atomic mass is 19.1. The summed E-state index contributed by atoms with van der Waals surface area (Å²) in [7, 11) is 0. The molecule has 0 amide bonds. The van der Waals surface area contributed by atoms with Crippen LogP contribution in [-0.2, 0) is 0 Å². The van der Waals surface area contributed by atoms with E-state index in [1.54, 1.807) is 12.1 Å². The molecule has 2 fully saturated rings. The van der Waals surface area contributed by atoms with Crippen LogP contribution in [-0.4, -0.2) is 30.1 Å². The molecule has 2 aliphatic rings. The van der Waals surface area contributed by atoms with E-state index in [2.05, 4.69) is 17.1 Å². The van der Waals surface area contributed by atoms with E-state index in [0.29, 0.717) is 6.04 Å². The molecule has 2 atom stereocenters. The van der Waals surface area contributed by atoms with Crippen LogP contribution in [0, 0.1) is 5.82 Å². The molecule has 1 heterocycles. The normalized spacial score (nSPS) is 25.7. The lowest BCUT2D eigenvalue weighted by molar-refractivity contribution is 0.310. The van der Waals surface area contributed by atoms with Crippen molar-refractivity contribution in [3.63, 3.8) is 0 Å². The minimum absolute atomic E-state index is 0.0844. The van der Waals surface area contributed by atoms with E-state index in [9.17, 15) is 4.39 Å². The maximum absolute atomic E-state index is 13.9. The Morgan fingerprint density at radius 1 is 1.32 bits per heavy atom. The second-order valence-electron chi connectivity index (χ2n) is 5.86. The Morgan fingerprint density at radius 2 is 2.11 bits per heavy atom. The van der Waals surface area contributed by atoms with Crippen molar-refractivity contribution in [2.75, 3.05) is 13.1 Å². The number of halogens is 1. The van der Waals surface area contributed by atoms with Crippen molar-refractivity contribution in [2.45, 2.75) is 50.7 Å². The zero-order valence-electron chi connectivity index (χ0n) is 11.6. The van der Waals surface area contributed by atoms with E-state index in [1.165, 1.54) is 25.8 Å². The molecular weight excluding hydrogens is 239 g/mol. The molecule has 1 N–H and O–H groups in total. The topological polar surface area (TPSA) is 15.3 Å². The first-order valence-corrected chi connectivity index (χ1v) is 7.52. The molecule has 3 rings (SSSR count). The number of likely N-dealkylation sites (tertiary alicyclic amines) is 1. The second-order valence-corrected chi connectivity index (χ2v) is 5.86. The van der Waals surface area contributed by atoms with Gasteiger partial charge < -0.3 is 5.32 Å². The van der Waals surface area contributed by atoms with Crippen LogP contribution < -0.4 is 5.32 Å². The first-order chi connectivity index (χ1) is 9.28. The fourth-order valence-corrected chi connectivity index (χ4v) is 3.16. The van der Waals surface area contributed by atoms with Gasteiger partial charge in [-0.25, -0.2) is 4.39 Å². The molecule has 1 saturated heterocycles. The van der Waals surface area contributed by atoms with E-state index in [4.69, 9.17) is 0 Å². The summed E-state index contributed by atoms with van der Waals surface area (Å²) >= 11 is 0. The minimum Gasteiger partial charge on any atom is -0.306 e. The highest BCUT2D eigenvalue weighted by Gasteiger charge is 2.34. The van der Waals surface area contributed by atoms with Crippen LogP contribution in [0.25, 0.3) is 0 Å². The van der Waals surface area contributed by atoms with Gasteiger partial charge in [-0.3, -0.25) is 4.90 Å². The van der Waals surface area contributed by atoms with Gasteiger partial charge in [-0.2, -0.15) is 0 Å². The predicted molar refractivity (Wildman–Crippen MR) is 75.6 cm³/mol. The average Bonchev–Trinajstić information content (AvgIpc) is 3.17. The van der Waals surface area contributed by atoms with Gasteiger partial charge in [0.1, 0.15) is 5.82 Å². The van der Waals surface area contributed by atoms with Crippen molar-refractivity contribution >= 4 is 0 Å². The molecule has 1 aromatic rings. The smallest absolute Gasteiger partial charge is 0.127 e. The summed E-state index contributed by atoms with van der Waals surface area (Å²) in [5.74, 6) is -0.0844.